The second-order valence-corrected chi connectivity index (χ2v) is 8.03. The maximum absolute atomic E-state index is 12.7. The summed E-state index contributed by atoms with van der Waals surface area (Å²) in [6, 6.07) is 5.97. The molecule has 1 aromatic heterocycles. The molecule has 0 amide bonds. The highest BCUT2D eigenvalue weighted by Gasteiger charge is 2.31. The molecule has 0 aliphatic rings. The van der Waals surface area contributed by atoms with Crippen molar-refractivity contribution >= 4 is 52.3 Å². The van der Waals surface area contributed by atoms with E-state index < -0.39 is 11.7 Å². The minimum atomic E-state index is -4.49. The van der Waals surface area contributed by atoms with Gasteiger partial charge in [-0.15, -0.1) is 0 Å². The zero-order valence-electron chi connectivity index (χ0n) is 14.1. The number of hydrogen-bond acceptors (Lipinski definition) is 4. The number of oxime groups is 1. The van der Waals surface area contributed by atoms with Crippen molar-refractivity contribution < 1.29 is 18.0 Å². The Morgan fingerprint density at radius 3 is 2.41 bits per heavy atom. The smallest absolute Gasteiger partial charge is 0.391 e. The van der Waals surface area contributed by atoms with Crippen LogP contribution in [-0.2, 0) is 17.6 Å². The molecule has 10 heteroatoms. The van der Waals surface area contributed by atoms with Crippen LogP contribution in [0.25, 0.3) is 0 Å². The van der Waals surface area contributed by atoms with Crippen molar-refractivity contribution in [1.29, 1.82) is 0 Å². The second-order valence-electron chi connectivity index (χ2n) is 5.48. The Labute approximate surface area is 173 Å². The van der Waals surface area contributed by atoms with Gasteiger partial charge in [0.1, 0.15) is 11.6 Å². The quantitative estimate of drug-likeness (QED) is 0.263. The van der Waals surface area contributed by atoms with Crippen molar-refractivity contribution in [2.75, 3.05) is 0 Å². The lowest BCUT2D eigenvalue weighted by molar-refractivity contribution is -0.137. The molecular weight excluding hydrogens is 444 g/mol. The predicted molar refractivity (Wildman–Crippen MR) is 104 cm³/mol. The normalized spacial score (nSPS) is 13.6. The van der Waals surface area contributed by atoms with Gasteiger partial charge in [0.25, 0.3) is 0 Å². The lowest BCUT2D eigenvalue weighted by Crippen LogP contribution is -2.11. The molecule has 2 aromatic rings. The van der Waals surface area contributed by atoms with Crippen molar-refractivity contribution in [3.63, 3.8) is 0 Å². The van der Waals surface area contributed by atoms with Crippen molar-refractivity contribution in [3.05, 3.63) is 56.7 Å². The van der Waals surface area contributed by atoms with E-state index in [4.69, 9.17) is 39.6 Å². The Hall–Kier alpha value is -1.15. The molecule has 0 fully saturated rings. The molecule has 0 saturated carbocycles. The summed E-state index contributed by atoms with van der Waals surface area (Å²) in [5.41, 5.74) is 0.320. The van der Waals surface area contributed by atoms with Crippen LogP contribution >= 0.6 is 46.6 Å². The zero-order chi connectivity index (χ0) is 20.2. The van der Waals surface area contributed by atoms with Gasteiger partial charge in [0, 0.05) is 27.1 Å². The van der Waals surface area contributed by atoms with Crippen LogP contribution in [0.15, 0.2) is 40.6 Å². The van der Waals surface area contributed by atoms with Crippen molar-refractivity contribution in [3.8, 4) is 0 Å². The average Bonchev–Trinajstić information content (AvgIpc) is 2.58. The Morgan fingerprint density at radius 2 is 1.85 bits per heavy atom. The molecule has 0 unspecified atom stereocenters. The number of benzene rings is 1. The van der Waals surface area contributed by atoms with E-state index in [1.54, 1.807) is 25.1 Å². The number of aromatic nitrogens is 1. The number of hydrogen-bond donors (Lipinski definition) is 0. The predicted octanol–water partition coefficient (Wildman–Crippen LogP) is 7.13. The molecule has 0 bridgehead atoms. The average molecular weight is 458 g/mol. The minimum Gasteiger partial charge on any atom is -0.391 e. The van der Waals surface area contributed by atoms with Crippen LogP contribution in [0.2, 0.25) is 15.1 Å². The highest BCUT2D eigenvalue weighted by molar-refractivity contribution is 8.00. The molecule has 27 heavy (non-hydrogen) atoms. The van der Waals surface area contributed by atoms with Crippen LogP contribution in [0.3, 0.4) is 0 Å². The largest absolute Gasteiger partial charge is 0.417 e. The summed E-state index contributed by atoms with van der Waals surface area (Å²) >= 11 is 19.2. The first kappa shape index (κ1) is 22.1. The number of nitrogens with zero attached hydrogens (tertiary/aromatic N) is 2. The second kappa shape index (κ2) is 9.37. The topological polar surface area (TPSA) is 34.5 Å². The number of pyridine rings is 1. The third-order valence-electron chi connectivity index (χ3n) is 3.49. The Balaban J connectivity index is 2.01. The fourth-order valence-corrected chi connectivity index (χ4v) is 3.50. The number of rotatable bonds is 6. The fraction of sp³-hybridized carbons (Fsp3) is 0.294. The van der Waals surface area contributed by atoms with Crippen molar-refractivity contribution in [2.45, 2.75) is 36.9 Å². The van der Waals surface area contributed by atoms with E-state index in [1.165, 1.54) is 11.8 Å². The van der Waals surface area contributed by atoms with Gasteiger partial charge in [-0.05, 0) is 32.0 Å². The molecule has 0 N–H and O–H groups in total. The first-order valence-electron chi connectivity index (χ1n) is 7.58. The lowest BCUT2D eigenvalue weighted by Gasteiger charge is -2.13. The Morgan fingerprint density at radius 1 is 1.22 bits per heavy atom. The van der Waals surface area contributed by atoms with Crippen LogP contribution in [0.1, 0.15) is 25.0 Å². The van der Waals surface area contributed by atoms with Gasteiger partial charge < -0.3 is 4.84 Å². The van der Waals surface area contributed by atoms with Crippen LogP contribution < -0.4 is 0 Å². The van der Waals surface area contributed by atoms with Gasteiger partial charge in [0.15, 0.2) is 0 Å². The molecule has 3 nitrogen and oxygen atoms in total. The number of halogens is 6. The fourth-order valence-electron chi connectivity index (χ4n) is 1.86. The standard InChI is InChI=1S/C17H14Cl3F3N2OS/c1-9(25-26-8-12-13(18)4-3-5-14(12)19)10(2)27-16-15(20)6-11(7-24-16)17(21,22)23/h3-7,10H,8H2,1-2H3/b25-9+/t10-/m0/s1. The minimum absolute atomic E-state index is 0.0711. The molecule has 1 aromatic carbocycles. The van der Waals surface area contributed by atoms with Crippen LogP contribution in [-0.4, -0.2) is 15.9 Å². The van der Waals surface area contributed by atoms with Gasteiger partial charge in [0.2, 0.25) is 0 Å². The monoisotopic (exact) mass is 456 g/mol. The van der Waals surface area contributed by atoms with Gasteiger partial charge >= 0.3 is 6.18 Å². The summed E-state index contributed by atoms with van der Waals surface area (Å²) in [6.45, 7) is 3.63. The summed E-state index contributed by atoms with van der Waals surface area (Å²) in [4.78, 5) is 9.10. The van der Waals surface area contributed by atoms with Gasteiger partial charge in [-0.1, -0.05) is 57.8 Å². The van der Waals surface area contributed by atoms with Gasteiger partial charge in [-0.3, -0.25) is 0 Å². The van der Waals surface area contributed by atoms with E-state index in [1.807, 2.05) is 6.92 Å². The maximum Gasteiger partial charge on any atom is 0.417 e. The van der Waals surface area contributed by atoms with Gasteiger partial charge in [-0.2, -0.15) is 13.2 Å². The summed E-state index contributed by atoms with van der Waals surface area (Å²) in [5, 5.41) is 4.93. The van der Waals surface area contributed by atoms with E-state index in [0.717, 1.165) is 12.3 Å². The van der Waals surface area contributed by atoms with E-state index in [9.17, 15) is 13.2 Å². The molecule has 0 aliphatic heterocycles. The number of alkyl halides is 3. The van der Waals surface area contributed by atoms with E-state index in [2.05, 4.69) is 10.1 Å². The van der Waals surface area contributed by atoms with Crippen LogP contribution in [0.5, 0.6) is 0 Å². The number of thioether (sulfide) groups is 1. The summed E-state index contributed by atoms with van der Waals surface area (Å²) in [6.07, 6.45) is -3.74. The third-order valence-corrected chi connectivity index (χ3v) is 5.84. The molecule has 0 aliphatic carbocycles. The lowest BCUT2D eigenvalue weighted by atomic mass is 10.2. The van der Waals surface area contributed by atoms with Crippen LogP contribution in [0, 0.1) is 0 Å². The highest BCUT2D eigenvalue weighted by Crippen LogP contribution is 2.35. The van der Waals surface area contributed by atoms with Crippen molar-refractivity contribution in [2.24, 2.45) is 5.16 Å². The van der Waals surface area contributed by atoms with Gasteiger partial charge in [-0.25, -0.2) is 4.98 Å². The highest BCUT2D eigenvalue weighted by atomic mass is 35.5. The van der Waals surface area contributed by atoms with Crippen molar-refractivity contribution in [1.82, 2.24) is 4.98 Å². The molecule has 0 spiro atoms. The molecule has 0 radical (unpaired) electrons. The Bertz CT molecular complexity index is 826. The first-order chi connectivity index (χ1) is 12.6. The van der Waals surface area contributed by atoms with E-state index in [0.29, 0.717) is 21.3 Å². The first-order valence-corrected chi connectivity index (χ1v) is 9.59. The van der Waals surface area contributed by atoms with E-state index in [-0.39, 0.29) is 21.9 Å². The maximum atomic E-state index is 12.7. The zero-order valence-corrected chi connectivity index (χ0v) is 17.2. The van der Waals surface area contributed by atoms with E-state index >= 15 is 0 Å². The molecular formula is C17H14Cl3F3N2OS. The molecule has 146 valence electrons. The molecule has 1 atom stereocenters. The summed E-state index contributed by atoms with van der Waals surface area (Å²) < 4.78 is 38.0. The SMILES string of the molecule is C/C(=N\OCc1c(Cl)cccc1Cl)[C@H](C)Sc1ncc(C(F)(F)F)cc1Cl. The summed E-state index contributed by atoms with van der Waals surface area (Å²) in [5.74, 6) is 0. The molecule has 0 saturated heterocycles. The molecule has 1 heterocycles. The van der Waals surface area contributed by atoms with Gasteiger partial charge in [0.05, 0.1) is 16.3 Å². The summed E-state index contributed by atoms with van der Waals surface area (Å²) in [7, 11) is 0. The third kappa shape index (κ3) is 6.17. The van der Waals surface area contributed by atoms with Crippen LogP contribution in [0.4, 0.5) is 13.2 Å². The Kier molecular flexibility index (Phi) is 7.68. The molecule has 2 rings (SSSR count).